The molecule has 1 aliphatic heterocycles. The fraction of sp³-hybridized carbons (Fsp3) is 0.611. The highest BCUT2D eigenvalue weighted by atomic mass is 16.5. The first-order valence-corrected chi connectivity index (χ1v) is 8.95. The van der Waals surface area contributed by atoms with Gasteiger partial charge in [-0.2, -0.15) is 5.10 Å². The highest BCUT2D eigenvalue weighted by Crippen LogP contribution is 2.22. The number of carbonyl (C=O) groups is 1. The number of carbonyl (C=O) groups excluding carboxylic acids is 1. The molecule has 1 aliphatic rings. The zero-order valence-corrected chi connectivity index (χ0v) is 15.8. The van der Waals surface area contributed by atoms with Gasteiger partial charge in [0.1, 0.15) is 0 Å². The Kier molecular flexibility index (Phi) is 5.20. The van der Waals surface area contributed by atoms with E-state index in [0.717, 1.165) is 18.5 Å². The monoisotopic (exact) mass is 358 g/mol. The third kappa shape index (κ3) is 4.36. The number of likely N-dealkylation sites (tertiary alicyclic amines) is 1. The molecule has 26 heavy (non-hydrogen) atoms. The molecule has 0 aromatic carbocycles. The largest absolute Gasteiger partial charge is 0.476 e. The zero-order chi connectivity index (χ0) is 18.7. The molecule has 3 heterocycles. The average Bonchev–Trinajstić information content (AvgIpc) is 3.06. The Morgan fingerprint density at radius 3 is 2.46 bits per heavy atom. The van der Waals surface area contributed by atoms with Gasteiger partial charge in [-0.05, 0) is 24.8 Å². The third-order valence-electron chi connectivity index (χ3n) is 4.60. The Hall–Kier alpha value is -2.51. The molecule has 3 rings (SSSR count). The molecular weight excluding hydrogens is 332 g/mol. The quantitative estimate of drug-likeness (QED) is 0.829. The minimum atomic E-state index is -0.0545. The summed E-state index contributed by atoms with van der Waals surface area (Å²) in [5.74, 6) is 0.905. The van der Waals surface area contributed by atoms with Gasteiger partial charge in [0.25, 0.3) is 5.91 Å². The van der Waals surface area contributed by atoms with E-state index in [1.807, 2.05) is 17.0 Å². The summed E-state index contributed by atoms with van der Waals surface area (Å²) in [7, 11) is 1.75. The van der Waals surface area contributed by atoms with Crippen molar-refractivity contribution in [2.75, 3.05) is 19.7 Å². The second-order valence-corrected chi connectivity index (χ2v) is 7.83. The molecular formula is C18H26N6O2. The second kappa shape index (κ2) is 7.39. The second-order valence-electron chi connectivity index (χ2n) is 7.83. The lowest BCUT2D eigenvalue weighted by molar-refractivity contribution is 0.0653. The SMILES string of the molecule is Cn1cc(C(=O)N2CCC(COc3ccc(C(C)(C)C)nn3)CC2)nn1. The van der Waals surface area contributed by atoms with E-state index in [2.05, 4.69) is 41.3 Å². The van der Waals surface area contributed by atoms with Crippen molar-refractivity contribution in [3.8, 4) is 5.88 Å². The summed E-state index contributed by atoms with van der Waals surface area (Å²) >= 11 is 0. The van der Waals surface area contributed by atoms with E-state index < -0.39 is 0 Å². The lowest BCUT2D eigenvalue weighted by Crippen LogP contribution is -2.39. The third-order valence-corrected chi connectivity index (χ3v) is 4.60. The molecule has 8 nitrogen and oxygen atoms in total. The highest BCUT2D eigenvalue weighted by molar-refractivity contribution is 5.91. The van der Waals surface area contributed by atoms with Crippen LogP contribution in [0.5, 0.6) is 5.88 Å². The number of aryl methyl sites for hydroxylation is 1. The van der Waals surface area contributed by atoms with Crippen molar-refractivity contribution in [1.29, 1.82) is 0 Å². The van der Waals surface area contributed by atoms with Crippen LogP contribution in [0.25, 0.3) is 0 Å². The summed E-state index contributed by atoms with van der Waals surface area (Å²) in [5.41, 5.74) is 1.32. The maximum Gasteiger partial charge on any atom is 0.276 e. The summed E-state index contributed by atoms with van der Waals surface area (Å²) in [5, 5.41) is 16.1. The number of hydrogen-bond donors (Lipinski definition) is 0. The molecule has 0 saturated carbocycles. The van der Waals surface area contributed by atoms with E-state index >= 15 is 0 Å². The van der Waals surface area contributed by atoms with Crippen molar-refractivity contribution in [3.63, 3.8) is 0 Å². The molecule has 0 radical (unpaired) electrons. The first-order chi connectivity index (χ1) is 12.3. The van der Waals surface area contributed by atoms with Gasteiger partial charge in [0.2, 0.25) is 5.88 Å². The van der Waals surface area contributed by atoms with Crippen LogP contribution in [0.1, 0.15) is 49.8 Å². The van der Waals surface area contributed by atoms with Crippen LogP contribution < -0.4 is 4.74 Å². The van der Waals surface area contributed by atoms with Crippen LogP contribution in [-0.2, 0) is 12.5 Å². The lowest BCUT2D eigenvalue weighted by Gasteiger charge is -2.31. The van der Waals surface area contributed by atoms with Crippen LogP contribution >= 0.6 is 0 Å². The van der Waals surface area contributed by atoms with E-state index in [1.165, 1.54) is 0 Å². The smallest absolute Gasteiger partial charge is 0.276 e. The summed E-state index contributed by atoms with van der Waals surface area (Å²) in [6.45, 7) is 8.32. The van der Waals surface area contributed by atoms with Crippen molar-refractivity contribution < 1.29 is 9.53 Å². The van der Waals surface area contributed by atoms with Crippen molar-refractivity contribution >= 4 is 5.91 Å². The van der Waals surface area contributed by atoms with Gasteiger partial charge in [-0.15, -0.1) is 10.2 Å². The summed E-state index contributed by atoms with van der Waals surface area (Å²) in [6.07, 6.45) is 3.45. The Balaban J connectivity index is 1.46. The maximum atomic E-state index is 12.4. The van der Waals surface area contributed by atoms with Crippen LogP contribution in [0.3, 0.4) is 0 Å². The van der Waals surface area contributed by atoms with Crippen LogP contribution in [0.2, 0.25) is 0 Å². The van der Waals surface area contributed by atoms with Crippen molar-refractivity contribution in [2.24, 2.45) is 13.0 Å². The first-order valence-electron chi connectivity index (χ1n) is 8.95. The van der Waals surface area contributed by atoms with Gasteiger partial charge < -0.3 is 9.64 Å². The molecule has 0 aliphatic carbocycles. The number of piperidine rings is 1. The Labute approximate surface area is 153 Å². The molecule has 0 spiro atoms. The molecule has 0 unspecified atom stereocenters. The molecule has 1 fully saturated rings. The van der Waals surface area contributed by atoms with E-state index in [4.69, 9.17) is 4.74 Å². The van der Waals surface area contributed by atoms with Gasteiger partial charge in [0.15, 0.2) is 5.69 Å². The van der Waals surface area contributed by atoms with Gasteiger partial charge in [-0.3, -0.25) is 9.48 Å². The van der Waals surface area contributed by atoms with Crippen LogP contribution in [0, 0.1) is 5.92 Å². The fourth-order valence-corrected chi connectivity index (χ4v) is 2.91. The lowest BCUT2D eigenvalue weighted by atomic mass is 9.92. The number of nitrogens with zero attached hydrogens (tertiary/aromatic N) is 6. The number of hydrogen-bond acceptors (Lipinski definition) is 6. The molecule has 0 atom stereocenters. The van der Waals surface area contributed by atoms with E-state index in [9.17, 15) is 4.79 Å². The summed E-state index contributed by atoms with van der Waals surface area (Å²) < 4.78 is 7.34. The van der Waals surface area contributed by atoms with Crippen LogP contribution in [0.15, 0.2) is 18.3 Å². The maximum absolute atomic E-state index is 12.4. The number of rotatable bonds is 4. The minimum absolute atomic E-state index is 0.0198. The molecule has 1 amide bonds. The average molecular weight is 358 g/mol. The van der Waals surface area contributed by atoms with Crippen molar-refractivity contribution in [3.05, 3.63) is 29.7 Å². The normalized spacial score (nSPS) is 15.9. The molecule has 1 saturated heterocycles. The molecule has 2 aromatic heterocycles. The van der Waals surface area contributed by atoms with Crippen molar-refractivity contribution in [2.45, 2.75) is 39.0 Å². The summed E-state index contributed by atoms with van der Waals surface area (Å²) in [6, 6.07) is 3.84. The van der Waals surface area contributed by atoms with Gasteiger partial charge in [0.05, 0.1) is 18.5 Å². The predicted molar refractivity (Wildman–Crippen MR) is 95.9 cm³/mol. The molecule has 0 N–H and O–H groups in total. The molecule has 140 valence electrons. The summed E-state index contributed by atoms with van der Waals surface area (Å²) in [4.78, 5) is 14.2. The molecule has 2 aromatic rings. The standard InChI is InChI=1S/C18H26N6O2/c1-18(2,3)15-5-6-16(21-20-15)26-12-13-7-9-24(10-8-13)17(25)14-11-23(4)22-19-14/h5-6,11,13H,7-10,12H2,1-4H3. The van der Waals surface area contributed by atoms with Crippen LogP contribution in [0.4, 0.5) is 0 Å². The highest BCUT2D eigenvalue weighted by Gasteiger charge is 2.25. The molecule has 8 heteroatoms. The zero-order valence-electron chi connectivity index (χ0n) is 15.8. The Bertz CT molecular complexity index is 742. The Morgan fingerprint density at radius 1 is 1.19 bits per heavy atom. The Morgan fingerprint density at radius 2 is 1.92 bits per heavy atom. The minimum Gasteiger partial charge on any atom is -0.476 e. The number of aromatic nitrogens is 5. The van der Waals surface area contributed by atoms with Crippen molar-refractivity contribution in [1.82, 2.24) is 30.1 Å². The van der Waals surface area contributed by atoms with Crippen LogP contribution in [-0.4, -0.2) is 55.7 Å². The molecule has 0 bridgehead atoms. The van der Waals surface area contributed by atoms with E-state index in [-0.39, 0.29) is 11.3 Å². The van der Waals surface area contributed by atoms with E-state index in [0.29, 0.717) is 37.2 Å². The first kappa shape index (κ1) is 18.3. The van der Waals surface area contributed by atoms with Gasteiger partial charge in [0, 0.05) is 31.6 Å². The number of amides is 1. The predicted octanol–water partition coefficient (Wildman–Crippen LogP) is 1.83. The topological polar surface area (TPSA) is 86.0 Å². The van der Waals surface area contributed by atoms with E-state index in [1.54, 1.807) is 17.9 Å². The van der Waals surface area contributed by atoms with Gasteiger partial charge in [-0.1, -0.05) is 26.0 Å². The number of ether oxygens (including phenoxy) is 1. The van der Waals surface area contributed by atoms with Gasteiger partial charge in [-0.25, -0.2) is 0 Å². The fourth-order valence-electron chi connectivity index (χ4n) is 2.91. The van der Waals surface area contributed by atoms with Gasteiger partial charge >= 0.3 is 0 Å².